The van der Waals surface area contributed by atoms with Crippen molar-refractivity contribution in [2.24, 2.45) is 11.8 Å². The van der Waals surface area contributed by atoms with Crippen LogP contribution in [0.3, 0.4) is 0 Å². The number of halogens is 3. The summed E-state index contributed by atoms with van der Waals surface area (Å²) >= 11 is 0. The van der Waals surface area contributed by atoms with Crippen LogP contribution in [0, 0.1) is 11.8 Å². The first-order valence-electron chi connectivity index (χ1n) is 14.8. The van der Waals surface area contributed by atoms with Crippen molar-refractivity contribution in [2.75, 3.05) is 0 Å². The Bertz CT molecular complexity index is 1650. The number of hydrogen-bond donors (Lipinski definition) is 4. The molecular weight excluding hydrogens is 525 g/mol. The number of nitrogens with zero attached hydrogens (tertiary/aromatic N) is 2. The second kappa shape index (κ2) is 8.55. The zero-order valence-corrected chi connectivity index (χ0v) is 22.5. The number of aromatic amines is 2. The normalized spacial score (nSPS) is 29.1. The first kappa shape index (κ1) is 24.2. The van der Waals surface area contributed by atoms with E-state index in [4.69, 9.17) is 4.98 Å². The lowest BCUT2D eigenvalue weighted by atomic mass is 9.89. The van der Waals surface area contributed by atoms with Gasteiger partial charge in [-0.05, 0) is 67.1 Å². The average Bonchev–Trinajstić information content (AvgIpc) is 3.54. The number of alkyl halides is 3. The fourth-order valence-corrected chi connectivity index (χ4v) is 7.52. The summed E-state index contributed by atoms with van der Waals surface area (Å²) in [7, 11) is 0. The highest BCUT2D eigenvalue weighted by Crippen LogP contribution is 2.47. The van der Waals surface area contributed by atoms with Crippen molar-refractivity contribution in [1.82, 2.24) is 30.6 Å². The van der Waals surface area contributed by atoms with Crippen LogP contribution in [0.2, 0.25) is 0 Å². The molecule has 0 radical (unpaired) electrons. The van der Waals surface area contributed by atoms with E-state index in [0.717, 1.165) is 54.2 Å². The zero-order chi connectivity index (χ0) is 27.5. The molecule has 4 heterocycles. The summed E-state index contributed by atoms with van der Waals surface area (Å²) in [4.78, 5) is 16.4. The molecule has 0 bridgehead atoms. The maximum absolute atomic E-state index is 13.4. The van der Waals surface area contributed by atoms with Crippen LogP contribution >= 0.6 is 0 Å². The summed E-state index contributed by atoms with van der Waals surface area (Å²) in [6.45, 7) is 0. The van der Waals surface area contributed by atoms with Crippen molar-refractivity contribution >= 4 is 0 Å². The molecule has 3 unspecified atom stereocenters. The van der Waals surface area contributed by atoms with Crippen LogP contribution in [0.25, 0.3) is 33.6 Å². The molecule has 2 aromatic heterocycles. The number of aromatic nitrogens is 4. The lowest BCUT2D eigenvalue weighted by Gasteiger charge is -2.16. The van der Waals surface area contributed by atoms with Crippen LogP contribution in [0.15, 0.2) is 42.5 Å². The molecule has 0 spiro atoms. The second-order valence-corrected chi connectivity index (χ2v) is 12.8. The molecule has 4 aromatic rings. The number of rotatable bonds is 5. The zero-order valence-electron chi connectivity index (χ0n) is 22.5. The summed E-state index contributed by atoms with van der Waals surface area (Å²) in [5.74, 6) is 3.14. The molecule has 5 aliphatic rings. The predicted octanol–water partition coefficient (Wildman–Crippen LogP) is 6.18. The highest BCUT2D eigenvalue weighted by molar-refractivity contribution is 5.76. The van der Waals surface area contributed by atoms with Crippen LogP contribution in [-0.4, -0.2) is 38.2 Å². The molecular formula is C32H31F3N6. The minimum absolute atomic E-state index is 0.000374. The van der Waals surface area contributed by atoms with Crippen molar-refractivity contribution in [3.8, 4) is 33.6 Å². The standard InChI is InChI=1S/C32H31F3N6/c33-32(34,35)14-27-28(40-31(39-27)26-13-20-11-24(20)37-26)16-3-1-15(2-4-16)17-5-7-21-18(9-17)6-8-22-29(21)41-30(38-22)25-12-19-10-23(19)36-25/h1-5,7,9,19-20,23-26,36-37H,6,8,10-14H2,(H,38,41)(H,39,40)/t19?,20?,23-,24?,25+,26+/m1/s1. The smallest absolute Gasteiger partial charge is 0.344 e. The van der Waals surface area contributed by atoms with Gasteiger partial charge in [0.2, 0.25) is 0 Å². The molecule has 9 heteroatoms. The number of imidazole rings is 2. The summed E-state index contributed by atoms with van der Waals surface area (Å²) < 4.78 is 40.3. The molecule has 210 valence electrons. The third kappa shape index (κ3) is 4.24. The van der Waals surface area contributed by atoms with E-state index >= 15 is 0 Å². The van der Waals surface area contributed by atoms with E-state index in [0.29, 0.717) is 41.1 Å². The predicted molar refractivity (Wildman–Crippen MR) is 149 cm³/mol. The topological polar surface area (TPSA) is 81.4 Å². The van der Waals surface area contributed by atoms with E-state index in [9.17, 15) is 13.2 Å². The Morgan fingerprint density at radius 1 is 0.707 bits per heavy atom. The van der Waals surface area contributed by atoms with Gasteiger partial charge in [-0.25, -0.2) is 9.97 Å². The van der Waals surface area contributed by atoms with Crippen molar-refractivity contribution in [3.05, 3.63) is 71.1 Å². The Hall–Kier alpha value is -3.43. The Labute approximate surface area is 235 Å². The van der Waals surface area contributed by atoms with Crippen LogP contribution in [-0.2, 0) is 19.3 Å². The number of H-pyrrole nitrogens is 2. The number of aryl methyl sites for hydroxylation is 2. The van der Waals surface area contributed by atoms with Crippen molar-refractivity contribution in [2.45, 2.75) is 75.3 Å². The van der Waals surface area contributed by atoms with Gasteiger partial charge in [-0.1, -0.05) is 42.5 Å². The molecule has 2 aliphatic heterocycles. The molecule has 4 N–H and O–H groups in total. The maximum atomic E-state index is 13.4. The van der Waals surface area contributed by atoms with Crippen LogP contribution in [0.5, 0.6) is 0 Å². The van der Waals surface area contributed by atoms with Gasteiger partial charge in [0.05, 0.1) is 35.6 Å². The van der Waals surface area contributed by atoms with Crippen LogP contribution in [0.4, 0.5) is 13.2 Å². The number of piperidine rings is 2. The minimum atomic E-state index is -4.31. The van der Waals surface area contributed by atoms with E-state index < -0.39 is 12.6 Å². The number of nitrogens with one attached hydrogen (secondary N) is 4. The van der Waals surface area contributed by atoms with Gasteiger partial charge in [-0.2, -0.15) is 13.2 Å². The molecule has 0 amide bonds. The maximum Gasteiger partial charge on any atom is 0.394 e. The lowest BCUT2D eigenvalue weighted by molar-refractivity contribution is -0.127. The molecule has 41 heavy (non-hydrogen) atoms. The highest BCUT2D eigenvalue weighted by Gasteiger charge is 2.48. The fraction of sp³-hybridized carbons (Fsp3) is 0.438. The molecule has 2 saturated carbocycles. The second-order valence-electron chi connectivity index (χ2n) is 12.8. The minimum Gasteiger partial charge on any atom is -0.344 e. The van der Waals surface area contributed by atoms with E-state index in [1.807, 2.05) is 24.3 Å². The first-order chi connectivity index (χ1) is 19.8. The number of hydrogen-bond acceptors (Lipinski definition) is 4. The summed E-state index contributed by atoms with van der Waals surface area (Å²) in [5, 5.41) is 7.19. The van der Waals surface area contributed by atoms with Gasteiger partial charge in [0, 0.05) is 28.9 Å². The molecule has 3 aliphatic carbocycles. The SMILES string of the molecule is FC(F)(F)Cc1[nH]c([C@@H]2CC3CC3N2)nc1-c1ccc(-c2ccc3c(c2)CCc2[nH]c([C@@H]4CC5C[C@H]5N4)nc2-3)cc1. The molecule has 2 aromatic carbocycles. The highest BCUT2D eigenvalue weighted by atomic mass is 19.4. The Balaban J connectivity index is 0.988. The van der Waals surface area contributed by atoms with Crippen molar-refractivity contribution in [1.29, 1.82) is 0 Å². The Morgan fingerprint density at radius 2 is 1.34 bits per heavy atom. The van der Waals surface area contributed by atoms with E-state index in [1.165, 1.54) is 29.7 Å². The Kier molecular flexibility index (Phi) is 5.04. The number of fused-ring (bicyclic) bond motifs is 5. The van der Waals surface area contributed by atoms with Gasteiger partial charge in [-0.3, -0.25) is 0 Å². The van der Waals surface area contributed by atoms with Crippen LogP contribution in [0.1, 0.15) is 66.4 Å². The van der Waals surface area contributed by atoms with Gasteiger partial charge < -0.3 is 20.6 Å². The van der Waals surface area contributed by atoms with Gasteiger partial charge in [0.25, 0.3) is 0 Å². The van der Waals surface area contributed by atoms with E-state index in [2.05, 4.69) is 43.8 Å². The molecule has 6 nitrogen and oxygen atoms in total. The summed E-state index contributed by atoms with van der Waals surface area (Å²) in [6.07, 6.45) is 1.14. The van der Waals surface area contributed by atoms with Gasteiger partial charge >= 0.3 is 6.18 Å². The van der Waals surface area contributed by atoms with Gasteiger partial charge in [0.15, 0.2) is 0 Å². The monoisotopic (exact) mass is 556 g/mol. The lowest BCUT2D eigenvalue weighted by Crippen LogP contribution is -2.19. The van der Waals surface area contributed by atoms with E-state index in [-0.39, 0.29) is 11.7 Å². The van der Waals surface area contributed by atoms with Gasteiger partial charge in [-0.15, -0.1) is 0 Å². The third-order valence-corrected chi connectivity index (χ3v) is 9.88. The van der Waals surface area contributed by atoms with Gasteiger partial charge in [0.1, 0.15) is 11.6 Å². The number of benzene rings is 2. The third-order valence-electron chi connectivity index (χ3n) is 9.88. The largest absolute Gasteiger partial charge is 0.394 e. The molecule has 4 fully saturated rings. The van der Waals surface area contributed by atoms with E-state index in [1.54, 1.807) is 0 Å². The summed E-state index contributed by atoms with van der Waals surface area (Å²) in [5.41, 5.74) is 8.13. The van der Waals surface area contributed by atoms with Crippen molar-refractivity contribution < 1.29 is 13.2 Å². The molecule has 2 saturated heterocycles. The van der Waals surface area contributed by atoms with Crippen LogP contribution < -0.4 is 10.6 Å². The average molecular weight is 557 g/mol. The fourth-order valence-electron chi connectivity index (χ4n) is 7.52. The Morgan fingerprint density at radius 3 is 2.00 bits per heavy atom. The quantitative estimate of drug-likeness (QED) is 0.237. The first-order valence-corrected chi connectivity index (χ1v) is 14.8. The van der Waals surface area contributed by atoms with Crippen molar-refractivity contribution in [3.63, 3.8) is 0 Å². The summed E-state index contributed by atoms with van der Waals surface area (Å²) in [6, 6.07) is 15.8. The molecule has 9 rings (SSSR count). The molecule has 6 atom stereocenters.